The van der Waals surface area contributed by atoms with Crippen LogP contribution in [-0.2, 0) is 4.79 Å². The van der Waals surface area contributed by atoms with Crippen molar-refractivity contribution in [1.29, 1.82) is 0 Å². The second-order valence-corrected chi connectivity index (χ2v) is 2.36. The summed E-state index contributed by atoms with van der Waals surface area (Å²) in [4.78, 5) is 17.0. The monoisotopic (exact) mass is 168 g/mol. The molecule has 11 heavy (non-hydrogen) atoms. The Kier molecular flexibility index (Phi) is 2.36. The van der Waals surface area contributed by atoms with E-state index in [1.54, 1.807) is 13.0 Å². The quantitative estimate of drug-likeness (QED) is 0.366. The van der Waals surface area contributed by atoms with Crippen LogP contribution in [0.2, 0.25) is 5.15 Å². The second-order valence-electron chi connectivity index (χ2n) is 2.00. The van der Waals surface area contributed by atoms with Gasteiger partial charge >= 0.3 is 0 Å². The number of aryl methyl sites for hydroxylation is 1. The van der Waals surface area contributed by atoms with Crippen LogP contribution in [0.25, 0.3) is 0 Å². The van der Waals surface area contributed by atoms with Crippen LogP contribution in [0.5, 0.6) is 0 Å². The van der Waals surface area contributed by atoms with Gasteiger partial charge in [-0.15, -0.1) is 0 Å². The molecular weight excluding hydrogens is 164 g/mol. The third kappa shape index (κ3) is 1.87. The van der Waals surface area contributed by atoms with Gasteiger partial charge in [0.2, 0.25) is 6.08 Å². The van der Waals surface area contributed by atoms with Crippen molar-refractivity contribution in [2.45, 2.75) is 6.92 Å². The highest BCUT2D eigenvalue weighted by atomic mass is 35.5. The molecule has 1 heterocycles. The van der Waals surface area contributed by atoms with E-state index in [9.17, 15) is 4.79 Å². The lowest BCUT2D eigenvalue weighted by atomic mass is 10.3. The molecule has 0 unspecified atom stereocenters. The van der Waals surface area contributed by atoms with E-state index in [0.29, 0.717) is 10.8 Å². The zero-order valence-corrected chi connectivity index (χ0v) is 6.59. The van der Waals surface area contributed by atoms with Gasteiger partial charge in [0.15, 0.2) is 0 Å². The topological polar surface area (TPSA) is 42.3 Å². The first kappa shape index (κ1) is 7.92. The van der Waals surface area contributed by atoms with Crippen LogP contribution in [0.3, 0.4) is 0 Å². The van der Waals surface area contributed by atoms with Gasteiger partial charge in [0.25, 0.3) is 0 Å². The van der Waals surface area contributed by atoms with E-state index >= 15 is 0 Å². The van der Waals surface area contributed by atoms with Crippen LogP contribution in [0, 0.1) is 6.92 Å². The first-order valence-electron chi connectivity index (χ1n) is 2.94. The van der Waals surface area contributed by atoms with E-state index in [1.165, 1.54) is 12.3 Å². The zero-order valence-electron chi connectivity index (χ0n) is 5.84. The van der Waals surface area contributed by atoms with E-state index in [-0.39, 0.29) is 0 Å². The van der Waals surface area contributed by atoms with Crippen LogP contribution in [-0.4, -0.2) is 11.1 Å². The van der Waals surface area contributed by atoms with Crippen molar-refractivity contribution in [1.82, 2.24) is 4.98 Å². The minimum atomic E-state index is 0.426. The van der Waals surface area contributed by atoms with Gasteiger partial charge in [-0.1, -0.05) is 11.6 Å². The van der Waals surface area contributed by atoms with E-state index in [1.807, 2.05) is 0 Å². The van der Waals surface area contributed by atoms with Crippen LogP contribution in [0.15, 0.2) is 17.3 Å². The molecule has 3 nitrogen and oxygen atoms in total. The Bertz CT molecular complexity index is 318. The Morgan fingerprint density at radius 1 is 1.73 bits per heavy atom. The van der Waals surface area contributed by atoms with E-state index in [4.69, 9.17) is 11.6 Å². The maximum atomic E-state index is 9.82. The van der Waals surface area contributed by atoms with E-state index in [2.05, 4.69) is 9.98 Å². The molecule has 0 radical (unpaired) electrons. The number of pyridine rings is 1. The maximum absolute atomic E-state index is 9.82. The molecule has 1 rings (SSSR count). The SMILES string of the molecule is Cc1cc(N=C=O)cnc1Cl. The molecule has 1 aromatic heterocycles. The summed E-state index contributed by atoms with van der Waals surface area (Å²) in [6.07, 6.45) is 2.84. The molecule has 0 atom stereocenters. The fraction of sp³-hybridized carbons (Fsp3) is 0.143. The summed E-state index contributed by atoms with van der Waals surface area (Å²) < 4.78 is 0. The molecule has 0 aromatic carbocycles. The third-order valence-corrected chi connectivity index (χ3v) is 1.57. The molecule has 1 aromatic rings. The summed E-state index contributed by atoms with van der Waals surface area (Å²) in [7, 11) is 0. The average Bonchev–Trinajstić information content (AvgIpc) is 1.98. The van der Waals surface area contributed by atoms with Crippen LogP contribution >= 0.6 is 11.6 Å². The summed E-state index contributed by atoms with van der Waals surface area (Å²) in [5.74, 6) is 0. The lowest BCUT2D eigenvalue weighted by molar-refractivity contribution is 0.565. The van der Waals surface area contributed by atoms with Crippen molar-refractivity contribution in [2.75, 3.05) is 0 Å². The predicted molar refractivity (Wildman–Crippen MR) is 41.8 cm³/mol. The summed E-state index contributed by atoms with van der Waals surface area (Å²) in [5, 5.41) is 0.426. The standard InChI is InChI=1S/C7H5ClN2O/c1-5-2-6(10-4-11)3-9-7(5)8/h2-3H,1H3. The van der Waals surface area contributed by atoms with Gasteiger partial charge in [-0.3, -0.25) is 0 Å². The van der Waals surface area contributed by atoms with Crippen molar-refractivity contribution in [2.24, 2.45) is 4.99 Å². The van der Waals surface area contributed by atoms with Gasteiger partial charge in [0, 0.05) is 0 Å². The van der Waals surface area contributed by atoms with Gasteiger partial charge in [0.1, 0.15) is 5.15 Å². The summed E-state index contributed by atoms with van der Waals surface area (Å²) in [6, 6.07) is 1.67. The molecule has 0 spiro atoms. The summed E-state index contributed by atoms with van der Waals surface area (Å²) in [5.41, 5.74) is 1.27. The number of hydrogen-bond acceptors (Lipinski definition) is 3. The molecule has 0 saturated carbocycles. The number of rotatable bonds is 1. The minimum absolute atomic E-state index is 0.426. The van der Waals surface area contributed by atoms with Crippen molar-refractivity contribution >= 4 is 23.4 Å². The highest BCUT2D eigenvalue weighted by molar-refractivity contribution is 6.30. The normalized spacial score (nSPS) is 8.91. The molecule has 56 valence electrons. The van der Waals surface area contributed by atoms with Crippen LogP contribution in [0.1, 0.15) is 5.56 Å². The molecule has 0 aliphatic carbocycles. The Morgan fingerprint density at radius 2 is 2.45 bits per heavy atom. The van der Waals surface area contributed by atoms with Crippen LogP contribution < -0.4 is 0 Å². The number of halogens is 1. The summed E-state index contributed by atoms with van der Waals surface area (Å²) in [6.45, 7) is 1.79. The molecule has 0 aliphatic rings. The lowest BCUT2D eigenvalue weighted by Gasteiger charge is -1.94. The number of hydrogen-bond donors (Lipinski definition) is 0. The Labute approximate surface area is 68.7 Å². The number of carbonyl (C=O) groups excluding carboxylic acids is 1. The number of aromatic nitrogens is 1. The second kappa shape index (κ2) is 3.28. The molecule has 4 heteroatoms. The maximum Gasteiger partial charge on any atom is 0.240 e. The largest absolute Gasteiger partial charge is 0.242 e. The van der Waals surface area contributed by atoms with Gasteiger partial charge in [-0.25, -0.2) is 9.78 Å². The lowest BCUT2D eigenvalue weighted by Crippen LogP contribution is -1.78. The van der Waals surface area contributed by atoms with Crippen molar-refractivity contribution < 1.29 is 4.79 Å². The average molecular weight is 169 g/mol. The van der Waals surface area contributed by atoms with Crippen LogP contribution in [0.4, 0.5) is 5.69 Å². The highest BCUT2D eigenvalue weighted by Gasteiger charge is 1.96. The molecular formula is C7H5ClN2O. The van der Waals surface area contributed by atoms with Gasteiger partial charge in [0.05, 0.1) is 11.9 Å². The van der Waals surface area contributed by atoms with E-state index in [0.717, 1.165) is 5.56 Å². The fourth-order valence-electron chi connectivity index (χ4n) is 0.657. The number of isocyanates is 1. The first-order chi connectivity index (χ1) is 5.24. The minimum Gasteiger partial charge on any atom is -0.242 e. The Hall–Kier alpha value is -1.18. The fourth-order valence-corrected chi connectivity index (χ4v) is 0.760. The van der Waals surface area contributed by atoms with Gasteiger partial charge < -0.3 is 0 Å². The third-order valence-electron chi connectivity index (χ3n) is 1.17. The van der Waals surface area contributed by atoms with Gasteiger partial charge in [-0.05, 0) is 18.6 Å². The highest BCUT2D eigenvalue weighted by Crippen LogP contribution is 2.17. The molecule has 0 amide bonds. The van der Waals surface area contributed by atoms with Crippen molar-refractivity contribution in [3.63, 3.8) is 0 Å². The number of aliphatic imine (C=N–C) groups is 1. The van der Waals surface area contributed by atoms with E-state index < -0.39 is 0 Å². The molecule has 0 saturated heterocycles. The first-order valence-corrected chi connectivity index (χ1v) is 3.32. The molecule has 0 bridgehead atoms. The van der Waals surface area contributed by atoms with Crippen molar-refractivity contribution in [3.05, 3.63) is 23.0 Å². The number of nitrogens with zero attached hydrogens (tertiary/aromatic N) is 2. The Morgan fingerprint density at radius 3 is 3.00 bits per heavy atom. The smallest absolute Gasteiger partial charge is 0.240 e. The zero-order chi connectivity index (χ0) is 8.27. The Balaban J connectivity index is 3.14. The van der Waals surface area contributed by atoms with Crippen molar-refractivity contribution in [3.8, 4) is 0 Å². The predicted octanol–water partition coefficient (Wildman–Crippen LogP) is 2.01. The molecule has 0 N–H and O–H groups in total. The molecule has 0 fully saturated rings. The molecule has 0 aliphatic heterocycles. The van der Waals surface area contributed by atoms with Gasteiger partial charge in [-0.2, -0.15) is 4.99 Å². The summed E-state index contributed by atoms with van der Waals surface area (Å²) >= 11 is 5.63.